The lowest BCUT2D eigenvalue weighted by Gasteiger charge is -2.29. The molecule has 1 saturated heterocycles. The molecular weight excluding hydrogens is 302 g/mol. The van der Waals surface area contributed by atoms with Crippen LogP contribution in [0.1, 0.15) is 18.0 Å². The first-order chi connectivity index (χ1) is 11.7. The molecule has 24 heavy (non-hydrogen) atoms. The van der Waals surface area contributed by atoms with E-state index in [-0.39, 0.29) is 11.8 Å². The predicted molar refractivity (Wildman–Crippen MR) is 93.5 cm³/mol. The van der Waals surface area contributed by atoms with Crippen molar-refractivity contribution in [3.05, 3.63) is 66.2 Å². The fourth-order valence-electron chi connectivity index (χ4n) is 2.94. The number of para-hydroxylation sites is 1. The lowest BCUT2D eigenvalue weighted by molar-refractivity contribution is -0.123. The van der Waals surface area contributed by atoms with E-state index in [9.17, 15) is 9.59 Å². The fraction of sp³-hybridized carbons (Fsp3) is 0.263. The standard InChI is InChI=1S/C19H21N3O2/c23-17-11-13-22(14-12-20-17)18(15-7-3-1-4-8-15)19(24)21-16-9-5-2-6-10-16/h1-10,18H,11-14H2,(H,20,23)(H,21,24)/t18-/m0/s1. The van der Waals surface area contributed by atoms with Crippen molar-refractivity contribution in [3.63, 3.8) is 0 Å². The summed E-state index contributed by atoms with van der Waals surface area (Å²) in [4.78, 5) is 26.6. The van der Waals surface area contributed by atoms with Crippen molar-refractivity contribution >= 4 is 17.5 Å². The van der Waals surface area contributed by atoms with E-state index in [4.69, 9.17) is 0 Å². The number of hydrogen-bond acceptors (Lipinski definition) is 3. The van der Waals surface area contributed by atoms with Crippen LogP contribution in [-0.4, -0.2) is 36.3 Å². The zero-order chi connectivity index (χ0) is 16.8. The summed E-state index contributed by atoms with van der Waals surface area (Å²) in [6.45, 7) is 1.77. The second-order valence-electron chi connectivity index (χ2n) is 5.80. The molecule has 2 amide bonds. The fourth-order valence-corrected chi connectivity index (χ4v) is 2.94. The number of rotatable bonds is 4. The third kappa shape index (κ3) is 4.00. The summed E-state index contributed by atoms with van der Waals surface area (Å²) in [5.74, 6) is -0.0467. The summed E-state index contributed by atoms with van der Waals surface area (Å²) in [7, 11) is 0. The zero-order valence-corrected chi connectivity index (χ0v) is 13.4. The first kappa shape index (κ1) is 16.2. The van der Waals surface area contributed by atoms with Gasteiger partial charge in [-0.05, 0) is 17.7 Å². The van der Waals surface area contributed by atoms with Crippen LogP contribution in [0, 0.1) is 0 Å². The van der Waals surface area contributed by atoms with Gasteiger partial charge in [0.1, 0.15) is 6.04 Å². The van der Waals surface area contributed by atoms with Gasteiger partial charge >= 0.3 is 0 Å². The maximum absolute atomic E-state index is 12.9. The van der Waals surface area contributed by atoms with Crippen LogP contribution in [0.3, 0.4) is 0 Å². The van der Waals surface area contributed by atoms with E-state index in [0.717, 1.165) is 11.3 Å². The Morgan fingerprint density at radius 1 is 1.00 bits per heavy atom. The molecule has 1 fully saturated rings. The van der Waals surface area contributed by atoms with Gasteiger partial charge in [-0.3, -0.25) is 14.5 Å². The first-order valence-electron chi connectivity index (χ1n) is 8.15. The third-order valence-corrected chi connectivity index (χ3v) is 4.12. The van der Waals surface area contributed by atoms with E-state index < -0.39 is 6.04 Å². The molecule has 0 bridgehead atoms. The minimum Gasteiger partial charge on any atom is -0.355 e. The summed E-state index contributed by atoms with van der Waals surface area (Å²) < 4.78 is 0. The molecule has 0 aromatic heterocycles. The minimum atomic E-state index is -0.417. The number of anilines is 1. The summed E-state index contributed by atoms with van der Waals surface area (Å²) in [6.07, 6.45) is 0.405. The number of amides is 2. The second kappa shape index (κ2) is 7.75. The molecule has 0 saturated carbocycles. The number of nitrogens with one attached hydrogen (secondary N) is 2. The van der Waals surface area contributed by atoms with Crippen molar-refractivity contribution in [1.82, 2.24) is 10.2 Å². The van der Waals surface area contributed by atoms with Gasteiger partial charge in [-0.2, -0.15) is 0 Å². The van der Waals surface area contributed by atoms with Gasteiger partial charge in [0, 0.05) is 31.7 Å². The smallest absolute Gasteiger partial charge is 0.246 e. The Balaban J connectivity index is 1.84. The molecule has 0 aliphatic carbocycles. The summed E-state index contributed by atoms with van der Waals surface area (Å²) in [5, 5.41) is 5.84. The molecule has 0 radical (unpaired) electrons. The topological polar surface area (TPSA) is 61.4 Å². The van der Waals surface area contributed by atoms with Crippen molar-refractivity contribution in [2.75, 3.05) is 25.0 Å². The van der Waals surface area contributed by atoms with Crippen molar-refractivity contribution in [2.24, 2.45) is 0 Å². The van der Waals surface area contributed by atoms with E-state index in [0.29, 0.717) is 26.1 Å². The van der Waals surface area contributed by atoms with Gasteiger partial charge in [0.15, 0.2) is 0 Å². The van der Waals surface area contributed by atoms with Gasteiger partial charge < -0.3 is 10.6 Å². The molecule has 1 aliphatic rings. The van der Waals surface area contributed by atoms with Crippen LogP contribution in [0.2, 0.25) is 0 Å². The zero-order valence-electron chi connectivity index (χ0n) is 13.4. The first-order valence-corrected chi connectivity index (χ1v) is 8.15. The van der Waals surface area contributed by atoms with E-state index >= 15 is 0 Å². The van der Waals surface area contributed by atoms with Crippen LogP contribution in [0.25, 0.3) is 0 Å². The van der Waals surface area contributed by atoms with Crippen LogP contribution in [0.15, 0.2) is 60.7 Å². The van der Waals surface area contributed by atoms with Crippen molar-refractivity contribution in [3.8, 4) is 0 Å². The maximum atomic E-state index is 12.9. The van der Waals surface area contributed by atoms with Crippen LogP contribution >= 0.6 is 0 Å². The maximum Gasteiger partial charge on any atom is 0.246 e. The van der Waals surface area contributed by atoms with Gasteiger partial charge in [0.2, 0.25) is 11.8 Å². The van der Waals surface area contributed by atoms with E-state index in [1.165, 1.54) is 0 Å². The number of benzene rings is 2. The predicted octanol–water partition coefficient (Wildman–Crippen LogP) is 2.19. The van der Waals surface area contributed by atoms with E-state index in [1.54, 1.807) is 0 Å². The lowest BCUT2D eigenvalue weighted by Crippen LogP contribution is -2.39. The monoisotopic (exact) mass is 323 g/mol. The molecule has 1 aliphatic heterocycles. The van der Waals surface area contributed by atoms with Gasteiger partial charge in [0.25, 0.3) is 0 Å². The molecule has 3 rings (SSSR count). The van der Waals surface area contributed by atoms with Gasteiger partial charge in [-0.25, -0.2) is 0 Å². The molecule has 2 aromatic carbocycles. The molecule has 0 spiro atoms. The average Bonchev–Trinajstić information content (AvgIpc) is 2.82. The van der Waals surface area contributed by atoms with E-state index in [1.807, 2.05) is 60.7 Å². The molecule has 5 heteroatoms. The van der Waals surface area contributed by atoms with Crippen LogP contribution < -0.4 is 10.6 Å². The molecule has 5 nitrogen and oxygen atoms in total. The highest BCUT2D eigenvalue weighted by Gasteiger charge is 2.29. The largest absolute Gasteiger partial charge is 0.355 e. The summed E-state index contributed by atoms with van der Waals surface area (Å²) in [5.41, 5.74) is 1.70. The van der Waals surface area contributed by atoms with Crippen molar-refractivity contribution in [1.29, 1.82) is 0 Å². The number of hydrogen-bond donors (Lipinski definition) is 2. The van der Waals surface area contributed by atoms with Crippen LogP contribution in [-0.2, 0) is 9.59 Å². The molecule has 1 atom stereocenters. The normalized spacial score (nSPS) is 16.8. The Bertz CT molecular complexity index is 688. The Labute approximate surface area is 141 Å². The highest BCUT2D eigenvalue weighted by molar-refractivity contribution is 5.95. The van der Waals surface area contributed by atoms with Crippen LogP contribution in [0.5, 0.6) is 0 Å². The van der Waals surface area contributed by atoms with Crippen molar-refractivity contribution in [2.45, 2.75) is 12.5 Å². The molecular formula is C19H21N3O2. The number of carbonyl (C=O) groups excluding carboxylic acids is 2. The van der Waals surface area contributed by atoms with Gasteiger partial charge in [-0.15, -0.1) is 0 Å². The van der Waals surface area contributed by atoms with Gasteiger partial charge in [-0.1, -0.05) is 48.5 Å². The minimum absolute atomic E-state index is 0.0350. The van der Waals surface area contributed by atoms with Crippen molar-refractivity contribution < 1.29 is 9.59 Å². The summed E-state index contributed by atoms with van der Waals surface area (Å²) >= 11 is 0. The third-order valence-electron chi connectivity index (χ3n) is 4.12. The van der Waals surface area contributed by atoms with Gasteiger partial charge in [0.05, 0.1) is 0 Å². The molecule has 124 valence electrons. The van der Waals surface area contributed by atoms with E-state index in [2.05, 4.69) is 15.5 Å². The number of nitrogens with zero attached hydrogens (tertiary/aromatic N) is 1. The molecule has 2 N–H and O–H groups in total. The Hall–Kier alpha value is -2.66. The summed E-state index contributed by atoms with van der Waals surface area (Å²) in [6, 6.07) is 18.7. The number of carbonyl (C=O) groups is 2. The quantitative estimate of drug-likeness (QED) is 0.907. The molecule has 2 aromatic rings. The molecule has 0 unspecified atom stereocenters. The highest BCUT2D eigenvalue weighted by Crippen LogP contribution is 2.23. The Morgan fingerprint density at radius 3 is 2.38 bits per heavy atom. The molecule has 1 heterocycles. The lowest BCUT2D eigenvalue weighted by atomic mass is 10.0. The van der Waals surface area contributed by atoms with Crippen LogP contribution in [0.4, 0.5) is 5.69 Å². The Kier molecular flexibility index (Phi) is 5.23. The Morgan fingerprint density at radius 2 is 1.67 bits per heavy atom. The SMILES string of the molecule is O=C1CCN([C@H](C(=O)Nc2ccccc2)c2ccccc2)CCN1. The second-order valence-corrected chi connectivity index (χ2v) is 5.80. The average molecular weight is 323 g/mol. The highest BCUT2D eigenvalue weighted by atomic mass is 16.2.